The molecule has 2 aromatic heterocycles. The van der Waals surface area contributed by atoms with Gasteiger partial charge in [0, 0.05) is 28.1 Å². The molecule has 4 rings (SSSR count). The van der Waals surface area contributed by atoms with Gasteiger partial charge in [-0.1, -0.05) is 72.2 Å². The lowest BCUT2D eigenvalue weighted by atomic mass is 9.59. The maximum absolute atomic E-state index is 14.4. The van der Waals surface area contributed by atoms with Gasteiger partial charge < -0.3 is 15.6 Å². The molecule has 3 aromatic rings. The molecule has 216 valence electrons. The molecule has 7 nitrogen and oxygen atoms in total. The van der Waals surface area contributed by atoms with Crippen molar-refractivity contribution in [3.8, 4) is 11.1 Å². The van der Waals surface area contributed by atoms with E-state index in [-0.39, 0.29) is 56.8 Å². The Morgan fingerprint density at radius 1 is 1.07 bits per heavy atom. The van der Waals surface area contributed by atoms with E-state index in [1.165, 1.54) is 11.3 Å². The van der Waals surface area contributed by atoms with E-state index in [9.17, 15) is 14.7 Å². The lowest BCUT2D eigenvalue weighted by Crippen LogP contribution is -2.49. The van der Waals surface area contributed by atoms with Crippen LogP contribution in [-0.2, 0) is 4.74 Å². The van der Waals surface area contributed by atoms with E-state index in [4.69, 9.17) is 22.1 Å². The highest BCUT2D eigenvalue weighted by Gasteiger charge is 2.48. The fraction of sp³-hybridized carbons (Fsp3) is 0.531. The molecule has 0 aliphatic heterocycles. The van der Waals surface area contributed by atoms with Crippen LogP contribution >= 0.6 is 11.6 Å². The molecule has 0 bridgehead atoms. The van der Waals surface area contributed by atoms with Crippen LogP contribution in [0.15, 0.2) is 29.1 Å². The maximum atomic E-state index is 14.4. The third kappa shape index (κ3) is 5.32. The molecule has 1 saturated carbocycles. The van der Waals surface area contributed by atoms with E-state index in [2.05, 4.69) is 53.5 Å². The molecule has 2 atom stereocenters. The summed E-state index contributed by atoms with van der Waals surface area (Å²) in [5.74, 6) is -0.124. The zero-order chi connectivity index (χ0) is 29.9. The zero-order valence-electron chi connectivity index (χ0n) is 25.1. The minimum Gasteiger partial charge on any atom is -0.512 e. The number of benzene rings is 1. The first-order valence-corrected chi connectivity index (χ1v) is 14.3. The van der Waals surface area contributed by atoms with Crippen LogP contribution in [0.2, 0.25) is 5.02 Å². The van der Waals surface area contributed by atoms with Gasteiger partial charge in [0.05, 0.1) is 0 Å². The van der Waals surface area contributed by atoms with Crippen molar-refractivity contribution in [2.24, 2.45) is 28.6 Å². The number of hydrogen-bond donors (Lipinski definition) is 2. The summed E-state index contributed by atoms with van der Waals surface area (Å²) in [5, 5.41) is 10.7. The topological polar surface area (TPSA) is 107 Å². The molecule has 3 N–H and O–H groups in total. The van der Waals surface area contributed by atoms with E-state index >= 15 is 0 Å². The smallest absolute Gasteiger partial charge is 0.342 e. The maximum Gasteiger partial charge on any atom is 0.342 e. The van der Waals surface area contributed by atoms with Crippen molar-refractivity contribution in [1.82, 2.24) is 9.38 Å². The standard InChI is InChI=1S/C32H42ClN3O4/c1-16-14-21(31(4,5)6)26(22(15-16)32(7,8)9)40-30(39)25-23(19-10-12-20(33)13-11-19)17(2)36-28(25)35-27(34)24(18(3)37)29(36)38/h10-13,16,21-22,26,37H,14-15H2,1-9H3,(H2,34,35)/b24-18-. The number of carbonyl (C=O) groups is 1. The normalized spacial score (nSPS) is 22.9. The number of aromatic nitrogens is 2. The van der Waals surface area contributed by atoms with Crippen LogP contribution in [0.4, 0.5) is 5.82 Å². The van der Waals surface area contributed by atoms with E-state index < -0.39 is 11.5 Å². The molecular weight excluding hydrogens is 526 g/mol. The summed E-state index contributed by atoms with van der Waals surface area (Å²) < 4.78 is 7.90. The summed E-state index contributed by atoms with van der Waals surface area (Å²) in [5.41, 5.74) is 7.47. The number of aliphatic hydroxyl groups excluding tert-OH is 1. The van der Waals surface area contributed by atoms with Gasteiger partial charge in [0.15, 0.2) is 5.65 Å². The number of esters is 1. The molecule has 1 aliphatic carbocycles. The summed E-state index contributed by atoms with van der Waals surface area (Å²) in [6.45, 7) is 18.6. The average molecular weight is 568 g/mol. The first-order chi connectivity index (χ1) is 18.4. The molecule has 40 heavy (non-hydrogen) atoms. The van der Waals surface area contributed by atoms with Crippen LogP contribution in [0.25, 0.3) is 22.5 Å². The molecule has 2 heterocycles. The molecule has 0 amide bonds. The van der Waals surface area contributed by atoms with E-state index in [0.717, 1.165) is 12.8 Å². The molecular formula is C32H42ClN3O4. The Labute approximate surface area is 241 Å². The first-order valence-electron chi connectivity index (χ1n) is 13.9. The van der Waals surface area contributed by atoms with Crippen LogP contribution in [-0.4, -0.2) is 26.6 Å². The summed E-state index contributed by atoms with van der Waals surface area (Å²) in [6.07, 6.45) is 1.59. The number of rotatable bonds is 3. The number of hydrogen-bond acceptors (Lipinski definition) is 6. The largest absolute Gasteiger partial charge is 0.512 e. The zero-order valence-corrected chi connectivity index (χ0v) is 25.8. The Kier molecular flexibility index (Phi) is 7.78. The first kappa shape index (κ1) is 29.9. The highest BCUT2D eigenvalue weighted by atomic mass is 35.5. The van der Waals surface area contributed by atoms with Crippen molar-refractivity contribution in [2.75, 3.05) is 5.73 Å². The summed E-state index contributed by atoms with van der Waals surface area (Å²) in [7, 11) is 0. The summed E-state index contributed by atoms with van der Waals surface area (Å²) in [4.78, 5) is 32.4. The second-order valence-electron chi connectivity index (χ2n) is 13.7. The van der Waals surface area contributed by atoms with Gasteiger partial charge in [-0.25, -0.2) is 9.78 Å². The number of ether oxygens (including phenoxy) is 1. The Balaban J connectivity index is 1.99. The predicted octanol–water partition coefficient (Wildman–Crippen LogP) is 6.59. The number of nitrogens with zero attached hydrogens (tertiary/aromatic N) is 2. The Hall–Kier alpha value is -3.06. The van der Waals surface area contributed by atoms with Crippen molar-refractivity contribution < 1.29 is 14.6 Å². The minimum absolute atomic E-state index is 0.0879. The van der Waals surface area contributed by atoms with Gasteiger partial charge in [-0.15, -0.1) is 0 Å². The number of fused-ring (bicyclic) bond motifs is 1. The van der Waals surface area contributed by atoms with Crippen molar-refractivity contribution in [2.45, 2.75) is 81.3 Å². The SMILES string of the molecule is C/C(O)=c1\c(N)nc2c(C(=O)OC3C(C(C)(C)C)CC(C)CC3C(C)(C)C)c(-c3ccc(Cl)cc3)c(C)n2c1=O. The Bertz CT molecular complexity index is 1530. The van der Waals surface area contributed by atoms with Crippen molar-refractivity contribution in [1.29, 1.82) is 0 Å². The molecule has 8 heteroatoms. The van der Waals surface area contributed by atoms with Crippen LogP contribution in [0, 0.1) is 35.5 Å². The molecule has 0 radical (unpaired) electrons. The Morgan fingerprint density at radius 3 is 2.08 bits per heavy atom. The highest BCUT2D eigenvalue weighted by molar-refractivity contribution is 6.30. The number of nitrogen functional groups attached to an aromatic ring is 1. The van der Waals surface area contributed by atoms with Gasteiger partial charge in [-0.2, -0.15) is 0 Å². The van der Waals surface area contributed by atoms with E-state index in [1.807, 2.05) is 0 Å². The lowest BCUT2D eigenvalue weighted by molar-refractivity contribution is -0.0922. The number of anilines is 1. The van der Waals surface area contributed by atoms with Gasteiger partial charge >= 0.3 is 5.97 Å². The predicted molar refractivity (Wildman–Crippen MR) is 161 cm³/mol. The van der Waals surface area contributed by atoms with Gasteiger partial charge in [0.2, 0.25) is 0 Å². The van der Waals surface area contributed by atoms with Crippen LogP contribution < -0.4 is 16.5 Å². The molecule has 1 aliphatic rings. The number of aliphatic hydroxyl groups is 1. The average Bonchev–Trinajstić information content (AvgIpc) is 3.10. The molecule has 2 unspecified atom stereocenters. The van der Waals surface area contributed by atoms with Gasteiger partial charge in [0.25, 0.3) is 5.56 Å². The highest BCUT2D eigenvalue weighted by Crippen LogP contribution is 2.50. The second kappa shape index (κ2) is 10.4. The number of carbonyl (C=O) groups excluding carboxylic acids is 1. The summed E-state index contributed by atoms with van der Waals surface area (Å²) in [6, 6.07) is 7.07. The second-order valence-corrected chi connectivity index (χ2v) is 14.1. The van der Waals surface area contributed by atoms with Gasteiger partial charge in [-0.3, -0.25) is 9.20 Å². The van der Waals surface area contributed by atoms with Crippen molar-refractivity contribution in [3.63, 3.8) is 0 Å². The quantitative estimate of drug-likeness (QED) is 0.346. The van der Waals surface area contributed by atoms with Gasteiger partial charge in [0.1, 0.15) is 28.5 Å². The molecule has 0 spiro atoms. The van der Waals surface area contributed by atoms with E-state index in [0.29, 0.717) is 27.8 Å². The van der Waals surface area contributed by atoms with Crippen molar-refractivity contribution >= 4 is 34.8 Å². The van der Waals surface area contributed by atoms with Crippen LogP contribution in [0.5, 0.6) is 0 Å². The third-order valence-electron chi connectivity index (χ3n) is 8.55. The fourth-order valence-corrected chi connectivity index (χ4v) is 6.60. The number of aryl methyl sites for hydroxylation is 1. The lowest BCUT2D eigenvalue weighted by Gasteiger charge is -2.50. The summed E-state index contributed by atoms with van der Waals surface area (Å²) >= 11 is 6.17. The van der Waals surface area contributed by atoms with Crippen LogP contribution in [0.3, 0.4) is 0 Å². The van der Waals surface area contributed by atoms with Crippen molar-refractivity contribution in [3.05, 3.63) is 56.1 Å². The molecule has 0 saturated heterocycles. The number of halogens is 1. The monoisotopic (exact) mass is 567 g/mol. The van der Waals surface area contributed by atoms with Gasteiger partial charge in [-0.05, 0) is 61.1 Å². The van der Waals surface area contributed by atoms with E-state index in [1.54, 1.807) is 31.2 Å². The fourth-order valence-electron chi connectivity index (χ4n) is 6.48. The third-order valence-corrected chi connectivity index (χ3v) is 8.81. The Morgan fingerprint density at radius 2 is 1.60 bits per heavy atom. The minimum atomic E-state index is -0.541. The molecule has 1 fully saturated rings. The molecule has 1 aromatic carbocycles. The van der Waals surface area contributed by atoms with Crippen LogP contribution in [0.1, 0.15) is 84.3 Å². The number of nitrogens with two attached hydrogens (primary N) is 1.